The maximum absolute atomic E-state index is 12.7. The molecular weight excluding hydrogens is 306 g/mol. The molecule has 2 aliphatic heterocycles. The van der Waals surface area contributed by atoms with E-state index in [9.17, 15) is 13.2 Å². The van der Waals surface area contributed by atoms with Gasteiger partial charge in [-0.05, 0) is 43.7 Å². The van der Waals surface area contributed by atoms with Gasteiger partial charge >= 0.3 is 0 Å². The van der Waals surface area contributed by atoms with Gasteiger partial charge in [-0.3, -0.25) is 4.79 Å². The highest BCUT2D eigenvalue weighted by Crippen LogP contribution is 2.31. The maximum atomic E-state index is 12.7. The van der Waals surface area contributed by atoms with Crippen LogP contribution < -0.4 is 0 Å². The number of piperidine rings is 1. The van der Waals surface area contributed by atoms with Crippen LogP contribution in [0.5, 0.6) is 0 Å². The average molecular weight is 327 g/mol. The van der Waals surface area contributed by atoms with Crippen LogP contribution in [0.4, 0.5) is 0 Å². The third-order valence-corrected chi connectivity index (χ3v) is 7.28. The first kappa shape index (κ1) is 15.0. The molecular formula is C15H21NO3S2. The largest absolute Gasteiger partial charge is 0.335 e. The summed E-state index contributed by atoms with van der Waals surface area (Å²) in [5.74, 6) is 0.414. The molecule has 1 atom stereocenters. The second-order valence-electron chi connectivity index (χ2n) is 5.96. The number of carbonyl (C=O) groups is 1. The molecule has 1 saturated heterocycles. The number of fused-ring (bicyclic) bond motifs is 1. The van der Waals surface area contributed by atoms with Gasteiger partial charge in [0.25, 0.3) is 5.91 Å². The maximum Gasteiger partial charge on any atom is 0.264 e. The molecule has 3 rings (SSSR count). The molecule has 0 bridgehead atoms. The van der Waals surface area contributed by atoms with Gasteiger partial charge in [0.05, 0.1) is 16.4 Å². The van der Waals surface area contributed by atoms with Crippen LogP contribution in [0.15, 0.2) is 6.07 Å². The van der Waals surface area contributed by atoms with Gasteiger partial charge < -0.3 is 4.90 Å². The first-order chi connectivity index (χ1) is 10.00. The number of amides is 1. The molecule has 4 nitrogen and oxygen atoms in total. The summed E-state index contributed by atoms with van der Waals surface area (Å²) < 4.78 is 23.4. The molecule has 0 N–H and O–H groups in total. The number of thiophene rings is 1. The van der Waals surface area contributed by atoms with E-state index in [-0.39, 0.29) is 17.4 Å². The second-order valence-corrected chi connectivity index (χ2v) is 9.28. The van der Waals surface area contributed by atoms with Gasteiger partial charge in [-0.1, -0.05) is 6.92 Å². The normalized spacial score (nSPS) is 24.6. The second kappa shape index (κ2) is 5.72. The third kappa shape index (κ3) is 3.01. The van der Waals surface area contributed by atoms with Gasteiger partial charge in [0, 0.05) is 17.5 Å². The summed E-state index contributed by atoms with van der Waals surface area (Å²) in [5.41, 5.74) is 0.847. The van der Waals surface area contributed by atoms with Crippen LogP contribution in [0.2, 0.25) is 0 Å². The molecule has 0 spiro atoms. The molecule has 6 heteroatoms. The van der Waals surface area contributed by atoms with Crippen LogP contribution in [0.25, 0.3) is 0 Å². The average Bonchev–Trinajstić information content (AvgIpc) is 2.88. The van der Waals surface area contributed by atoms with E-state index < -0.39 is 9.84 Å². The fourth-order valence-electron chi connectivity index (χ4n) is 3.30. The molecule has 116 valence electrons. The van der Waals surface area contributed by atoms with Crippen LogP contribution in [-0.2, 0) is 22.0 Å². The van der Waals surface area contributed by atoms with Crippen molar-refractivity contribution in [3.05, 3.63) is 21.4 Å². The number of hydrogen-bond acceptors (Lipinski definition) is 4. The Morgan fingerprint density at radius 3 is 3.00 bits per heavy atom. The predicted octanol–water partition coefficient (Wildman–Crippen LogP) is 2.62. The lowest BCUT2D eigenvalue weighted by atomic mass is 10.00. The smallest absolute Gasteiger partial charge is 0.264 e. The molecule has 1 aromatic heterocycles. The van der Waals surface area contributed by atoms with E-state index in [2.05, 4.69) is 6.92 Å². The van der Waals surface area contributed by atoms with Gasteiger partial charge in [0.15, 0.2) is 9.84 Å². The van der Waals surface area contributed by atoms with Gasteiger partial charge in [-0.2, -0.15) is 0 Å². The van der Waals surface area contributed by atoms with Gasteiger partial charge in [0.2, 0.25) is 0 Å². The van der Waals surface area contributed by atoms with Crippen molar-refractivity contribution in [2.45, 2.75) is 50.8 Å². The van der Waals surface area contributed by atoms with Crippen LogP contribution >= 0.6 is 11.3 Å². The zero-order chi connectivity index (χ0) is 15.0. The van der Waals surface area contributed by atoms with E-state index in [0.29, 0.717) is 12.5 Å². The summed E-state index contributed by atoms with van der Waals surface area (Å²) in [7, 11) is -2.97. The Morgan fingerprint density at radius 1 is 1.43 bits per heavy atom. The van der Waals surface area contributed by atoms with E-state index in [0.717, 1.165) is 41.1 Å². The first-order valence-electron chi connectivity index (χ1n) is 7.63. The minimum absolute atomic E-state index is 0.0957. The van der Waals surface area contributed by atoms with E-state index in [1.54, 1.807) is 0 Å². The number of rotatable bonds is 2. The number of hydrogen-bond donors (Lipinski definition) is 0. The minimum Gasteiger partial charge on any atom is -0.335 e. The van der Waals surface area contributed by atoms with E-state index in [1.165, 1.54) is 17.8 Å². The van der Waals surface area contributed by atoms with E-state index in [1.807, 2.05) is 11.0 Å². The van der Waals surface area contributed by atoms with Crippen molar-refractivity contribution >= 4 is 27.1 Å². The van der Waals surface area contributed by atoms with Crippen LogP contribution in [0.1, 0.15) is 52.7 Å². The van der Waals surface area contributed by atoms with E-state index >= 15 is 0 Å². The number of aryl methyl sites for hydroxylation is 1. The number of carbonyl (C=O) groups excluding carboxylic acids is 1. The third-order valence-electron chi connectivity index (χ3n) is 4.48. The molecule has 21 heavy (non-hydrogen) atoms. The van der Waals surface area contributed by atoms with Crippen molar-refractivity contribution in [3.63, 3.8) is 0 Å². The molecule has 1 aromatic rings. The topological polar surface area (TPSA) is 54.5 Å². The Bertz CT molecular complexity index is 648. The zero-order valence-corrected chi connectivity index (χ0v) is 13.9. The highest BCUT2D eigenvalue weighted by atomic mass is 32.2. The van der Waals surface area contributed by atoms with Crippen molar-refractivity contribution in [2.24, 2.45) is 0 Å². The van der Waals surface area contributed by atoms with Gasteiger partial charge in [-0.25, -0.2) is 8.42 Å². The van der Waals surface area contributed by atoms with Gasteiger partial charge in [-0.15, -0.1) is 11.3 Å². The van der Waals surface area contributed by atoms with Crippen molar-refractivity contribution in [3.8, 4) is 0 Å². The summed E-state index contributed by atoms with van der Waals surface area (Å²) in [5, 5.41) is 0. The quantitative estimate of drug-likeness (QED) is 0.839. The summed E-state index contributed by atoms with van der Waals surface area (Å²) >= 11 is 1.49. The number of sulfone groups is 1. The Balaban J connectivity index is 1.84. The lowest BCUT2D eigenvalue weighted by Gasteiger charge is -2.35. The lowest BCUT2D eigenvalue weighted by Crippen LogP contribution is -2.43. The highest BCUT2D eigenvalue weighted by Gasteiger charge is 2.30. The Hall–Kier alpha value is -0.880. The lowest BCUT2D eigenvalue weighted by molar-refractivity contribution is 0.0613. The van der Waals surface area contributed by atoms with Crippen LogP contribution in [0, 0.1) is 0 Å². The Labute approximate surface area is 130 Å². The fraction of sp³-hybridized carbons (Fsp3) is 0.667. The molecule has 1 fully saturated rings. The van der Waals surface area contributed by atoms with Gasteiger partial charge in [0.1, 0.15) is 0 Å². The molecule has 1 amide bonds. The minimum atomic E-state index is -2.97. The van der Waals surface area contributed by atoms with Crippen molar-refractivity contribution in [1.29, 1.82) is 0 Å². The summed E-state index contributed by atoms with van der Waals surface area (Å²) in [6, 6.07) is 2.16. The zero-order valence-electron chi connectivity index (χ0n) is 12.3. The summed E-state index contributed by atoms with van der Waals surface area (Å²) in [6.45, 7) is 2.96. The molecule has 3 heterocycles. The molecule has 0 aromatic carbocycles. The fourth-order valence-corrected chi connectivity index (χ4v) is 6.05. The van der Waals surface area contributed by atoms with E-state index in [4.69, 9.17) is 0 Å². The van der Waals surface area contributed by atoms with Crippen molar-refractivity contribution in [1.82, 2.24) is 4.90 Å². The molecule has 0 aliphatic carbocycles. The summed E-state index contributed by atoms with van der Waals surface area (Å²) in [4.78, 5) is 16.5. The molecule has 0 unspecified atom stereocenters. The standard InChI is InChI=1S/C15H21NO3S2/c1-2-12-5-3-4-7-16(12)15(17)14-9-11-10-21(18,19)8-6-13(11)20-14/h9,12H,2-8,10H2,1H3/t12-/m0/s1. The Kier molecular flexibility index (Phi) is 4.10. The monoisotopic (exact) mass is 327 g/mol. The summed E-state index contributed by atoms with van der Waals surface area (Å²) in [6.07, 6.45) is 4.91. The van der Waals surface area contributed by atoms with Crippen LogP contribution in [0.3, 0.4) is 0 Å². The van der Waals surface area contributed by atoms with Crippen molar-refractivity contribution in [2.75, 3.05) is 12.3 Å². The predicted molar refractivity (Wildman–Crippen MR) is 84.5 cm³/mol. The molecule has 2 aliphatic rings. The number of likely N-dealkylation sites (tertiary alicyclic amines) is 1. The number of nitrogens with zero attached hydrogens (tertiary/aromatic N) is 1. The molecule has 0 saturated carbocycles. The highest BCUT2D eigenvalue weighted by molar-refractivity contribution is 7.90. The first-order valence-corrected chi connectivity index (χ1v) is 10.3. The SMILES string of the molecule is CC[C@H]1CCCCN1C(=O)c1cc2c(s1)CCS(=O)(=O)C2. The Morgan fingerprint density at radius 2 is 2.24 bits per heavy atom. The van der Waals surface area contributed by atoms with Crippen molar-refractivity contribution < 1.29 is 13.2 Å². The van der Waals surface area contributed by atoms with Crippen LogP contribution in [-0.4, -0.2) is 37.6 Å². The molecule has 0 radical (unpaired) electrons.